The van der Waals surface area contributed by atoms with E-state index in [1.54, 1.807) is 4.90 Å². The SMILES string of the molecule is CC1(CNC(=O)N2CCC[C@@H](C(=O)O)C2)CC1. The van der Waals surface area contributed by atoms with Crippen molar-refractivity contribution in [2.45, 2.75) is 32.6 Å². The number of hydrogen-bond acceptors (Lipinski definition) is 2. The lowest BCUT2D eigenvalue weighted by Crippen LogP contribution is -2.48. The van der Waals surface area contributed by atoms with Crippen LogP contribution in [0.2, 0.25) is 0 Å². The molecule has 1 heterocycles. The second-order valence-corrected chi connectivity index (χ2v) is 5.59. The molecule has 2 N–H and O–H groups in total. The minimum Gasteiger partial charge on any atom is -0.481 e. The molecule has 5 heteroatoms. The van der Waals surface area contributed by atoms with E-state index in [2.05, 4.69) is 12.2 Å². The molecule has 0 aromatic rings. The van der Waals surface area contributed by atoms with Crippen LogP contribution in [-0.2, 0) is 4.79 Å². The first-order valence-corrected chi connectivity index (χ1v) is 6.26. The number of carboxylic acids is 1. The van der Waals surface area contributed by atoms with Gasteiger partial charge in [0.25, 0.3) is 0 Å². The molecule has 2 amide bonds. The molecule has 0 unspecified atom stereocenters. The lowest BCUT2D eigenvalue weighted by molar-refractivity contribution is -0.143. The number of nitrogens with zero attached hydrogens (tertiary/aromatic N) is 1. The Morgan fingerprint density at radius 1 is 1.47 bits per heavy atom. The lowest BCUT2D eigenvalue weighted by Gasteiger charge is -2.31. The number of urea groups is 1. The molecule has 1 aliphatic carbocycles. The van der Waals surface area contributed by atoms with Gasteiger partial charge in [0, 0.05) is 19.6 Å². The number of carboxylic acid groups (broad SMARTS) is 1. The summed E-state index contributed by atoms with van der Waals surface area (Å²) >= 11 is 0. The number of aliphatic carboxylic acids is 1. The molecule has 0 radical (unpaired) electrons. The van der Waals surface area contributed by atoms with E-state index in [4.69, 9.17) is 5.11 Å². The summed E-state index contributed by atoms with van der Waals surface area (Å²) in [5.74, 6) is -1.19. The van der Waals surface area contributed by atoms with Crippen LogP contribution in [0.3, 0.4) is 0 Å². The Hall–Kier alpha value is -1.26. The van der Waals surface area contributed by atoms with Crippen molar-refractivity contribution in [1.29, 1.82) is 0 Å². The zero-order chi connectivity index (χ0) is 12.5. The van der Waals surface area contributed by atoms with Crippen molar-refractivity contribution < 1.29 is 14.7 Å². The molecule has 1 aliphatic heterocycles. The van der Waals surface area contributed by atoms with E-state index in [1.165, 1.54) is 12.8 Å². The van der Waals surface area contributed by atoms with Gasteiger partial charge in [0.2, 0.25) is 0 Å². The van der Waals surface area contributed by atoms with Crippen molar-refractivity contribution in [3.05, 3.63) is 0 Å². The van der Waals surface area contributed by atoms with Crippen molar-refractivity contribution >= 4 is 12.0 Å². The molecule has 1 saturated heterocycles. The average molecular weight is 240 g/mol. The number of carbonyl (C=O) groups excluding carboxylic acids is 1. The standard InChI is InChI=1S/C12H20N2O3/c1-12(4-5-12)8-13-11(17)14-6-2-3-9(7-14)10(15)16/h9H,2-8H2,1H3,(H,13,17)(H,15,16)/t9-/m1/s1. The molecule has 5 nitrogen and oxygen atoms in total. The molecular weight excluding hydrogens is 220 g/mol. The Morgan fingerprint density at radius 2 is 2.18 bits per heavy atom. The first kappa shape index (κ1) is 12.2. The molecule has 1 saturated carbocycles. The maximum absolute atomic E-state index is 11.9. The fourth-order valence-corrected chi connectivity index (χ4v) is 2.15. The summed E-state index contributed by atoms with van der Waals surface area (Å²) in [6.07, 6.45) is 3.80. The van der Waals surface area contributed by atoms with Gasteiger partial charge in [0.15, 0.2) is 0 Å². The Bertz CT molecular complexity index is 326. The second kappa shape index (κ2) is 4.55. The second-order valence-electron chi connectivity index (χ2n) is 5.59. The van der Waals surface area contributed by atoms with Crippen LogP contribution in [-0.4, -0.2) is 41.6 Å². The summed E-state index contributed by atoms with van der Waals surface area (Å²) in [6.45, 7) is 3.88. The van der Waals surface area contributed by atoms with Gasteiger partial charge in [-0.3, -0.25) is 4.79 Å². The van der Waals surface area contributed by atoms with Crippen LogP contribution in [0.15, 0.2) is 0 Å². The minimum atomic E-state index is -0.795. The van der Waals surface area contributed by atoms with Gasteiger partial charge < -0.3 is 15.3 Å². The summed E-state index contributed by atoms with van der Waals surface area (Å²) in [6, 6.07) is -0.107. The molecule has 0 spiro atoms. The van der Waals surface area contributed by atoms with Gasteiger partial charge >= 0.3 is 12.0 Å². The lowest BCUT2D eigenvalue weighted by atomic mass is 9.99. The third kappa shape index (κ3) is 3.11. The average Bonchev–Trinajstić information content (AvgIpc) is 3.05. The van der Waals surface area contributed by atoms with E-state index in [1.807, 2.05) is 0 Å². The first-order chi connectivity index (χ1) is 8.00. The number of piperidine rings is 1. The van der Waals surface area contributed by atoms with E-state index >= 15 is 0 Å². The van der Waals surface area contributed by atoms with Crippen molar-refractivity contribution in [1.82, 2.24) is 10.2 Å². The zero-order valence-electron chi connectivity index (χ0n) is 10.2. The Balaban J connectivity index is 1.79. The zero-order valence-corrected chi connectivity index (χ0v) is 10.2. The third-order valence-corrected chi connectivity index (χ3v) is 3.83. The van der Waals surface area contributed by atoms with Gasteiger partial charge in [0.05, 0.1) is 5.92 Å². The minimum absolute atomic E-state index is 0.107. The monoisotopic (exact) mass is 240 g/mol. The summed E-state index contributed by atoms with van der Waals surface area (Å²) in [5, 5.41) is 11.9. The smallest absolute Gasteiger partial charge is 0.317 e. The Morgan fingerprint density at radius 3 is 2.76 bits per heavy atom. The maximum Gasteiger partial charge on any atom is 0.317 e. The van der Waals surface area contributed by atoms with E-state index in [-0.39, 0.29) is 11.4 Å². The summed E-state index contributed by atoms with van der Waals surface area (Å²) in [4.78, 5) is 24.4. The Labute approximate surface area is 101 Å². The molecular formula is C12H20N2O3. The van der Waals surface area contributed by atoms with Crippen molar-refractivity contribution in [2.75, 3.05) is 19.6 Å². The van der Waals surface area contributed by atoms with Gasteiger partial charge in [-0.05, 0) is 31.1 Å². The molecule has 1 atom stereocenters. The number of nitrogens with one attached hydrogen (secondary N) is 1. The number of hydrogen-bond donors (Lipinski definition) is 2. The van der Waals surface area contributed by atoms with Gasteiger partial charge in [-0.2, -0.15) is 0 Å². The highest BCUT2D eigenvalue weighted by Crippen LogP contribution is 2.44. The van der Waals surface area contributed by atoms with E-state index < -0.39 is 11.9 Å². The third-order valence-electron chi connectivity index (χ3n) is 3.83. The van der Waals surface area contributed by atoms with Gasteiger partial charge in [-0.25, -0.2) is 4.79 Å². The highest BCUT2D eigenvalue weighted by Gasteiger charge is 2.38. The number of likely N-dealkylation sites (tertiary alicyclic amines) is 1. The van der Waals surface area contributed by atoms with Crippen LogP contribution in [0.25, 0.3) is 0 Å². The normalized spacial score (nSPS) is 26.4. The van der Waals surface area contributed by atoms with Gasteiger partial charge in [0.1, 0.15) is 0 Å². The molecule has 0 aromatic carbocycles. The van der Waals surface area contributed by atoms with Crippen molar-refractivity contribution in [3.63, 3.8) is 0 Å². The predicted octanol–water partition coefficient (Wildman–Crippen LogP) is 1.29. The van der Waals surface area contributed by atoms with Crippen molar-refractivity contribution in [2.24, 2.45) is 11.3 Å². The maximum atomic E-state index is 11.9. The number of carbonyl (C=O) groups is 2. The van der Waals surface area contributed by atoms with Crippen LogP contribution in [0.5, 0.6) is 0 Å². The van der Waals surface area contributed by atoms with Crippen LogP contribution in [0.1, 0.15) is 32.6 Å². The van der Waals surface area contributed by atoms with Crippen LogP contribution in [0, 0.1) is 11.3 Å². The Kier molecular flexibility index (Phi) is 3.26. The van der Waals surface area contributed by atoms with Crippen molar-refractivity contribution in [3.8, 4) is 0 Å². The molecule has 17 heavy (non-hydrogen) atoms. The van der Waals surface area contributed by atoms with Crippen LogP contribution < -0.4 is 5.32 Å². The van der Waals surface area contributed by atoms with Crippen LogP contribution in [0.4, 0.5) is 4.79 Å². The first-order valence-electron chi connectivity index (χ1n) is 6.26. The van der Waals surface area contributed by atoms with E-state index in [9.17, 15) is 9.59 Å². The highest BCUT2D eigenvalue weighted by atomic mass is 16.4. The fourth-order valence-electron chi connectivity index (χ4n) is 2.15. The predicted molar refractivity (Wildman–Crippen MR) is 62.7 cm³/mol. The summed E-state index contributed by atoms with van der Waals surface area (Å²) in [5.41, 5.74) is 0.289. The molecule has 0 aromatic heterocycles. The number of amides is 2. The largest absolute Gasteiger partial charge is 0.481 e. The summed E-state index contributed by atoms with van der Waals surface area (Å²) in [7, 11) is 0. The molecule has 0 bridgehead atoms. The fraction of sp³-hybridized carbons (Fsp3) is 0.833. The van der Waals surface area contributed by atoms with E-state index in [0.29, 0.717) is 26.1 Å². The summed E-state index contributed by atoms with van der Waals surface area (Å²) < 4.78 is 0. The van der Waals surface area contributed by atoms with E-state index in [0.717, 1.165) is 6.42 Å². The van der Waals surface area contributed by atoms with Gasteiger partial charge in [-0.15, -0.1) is 0 Å². The molecule has 2 fully saturated rings. The molecule has 2 rings (SSSR count). The number of rotatable bonds is 3. The van der Waals surface area contributed by atoms with Crippen LogP contribution >= 0.6 is 0 Å². The molecule has 96 valence electrons. The highest BCUT2D eigenvalue weighted by molar-refractivity contribution is 5.76. The topological polar surface area (TPSA) is 69.6 Å². The van der Waals surface area contributed by atoms with Gasteiger partial charge in [-0.1, -0.05) is 6.92 Å². The quantitative estimate of drug-likeness (QED) is 0.781. The molecule has 2 aliphatic rings.